The van der Waals surface area contributed by atoms with Crippen molar-refractivity contribution in [2.45, 2.75) is 62.4 Å². The molecule has 278 valence electrons. The number of aromatic carboxylic acids is 1. The lowest BCUT2D eigenvalue weighted by atomic mass is 9.99. The summed E-state index contributed by atoms with van der Waals surface area (Å²) in [4.78, 5) is 40.9. The number of aromatic nitrogens is 1. The summed E-state index contributed by atoms with van der Waals surface area (Å²) < 4.78 is 13.0. The average molecular weight is 747 g/mol. The van der Waals surface area contributed by atoms with Gasteiger partial charge in [-0.1, -0.05) is 78.9 Å². The summed E-state index contributed by atoms with van der Waals surface area (Å²) in [6.45, 7) is 0.304. The van der Waals surface area contributed by atoms with Crippen molar-refractivity contribution in [3.63, 3.8) is 0 Å². The lowest BCUT2D eigenvalue weighted by Crippen LogP contribution is -2.31. The molecule has 1 saturated heterocycles. The molecule has 54 heavy (non-hydrogen) atoms. The minimum Gasteiger partial charge on any atom is -0.478 e. The van der Waals surface area contributed by atoms with Crippen LogP contribution in [0.3, 0.4) is 0 Å². The third kappa shape index (κ3) is 10.3. The largest absolute Gasteiger partial charge is 0.478 e. The Balaban J connectivity index is 1.06. The molecular formula is C42H42N4O7S. The van der Waals surface area contributed by atoms with Crippen molar-refractivity contribution in [2.24, 2.45) is 0 Å². The van der Waals surface area contributed by atoms with Gasteiger partial charge in [0.25, 0.3) is 0 Å². The number of ether oxygens (including phenoxy) is 2. The number of amides is 2. The third-order valence-corrected chi connectivity index (χ3v) is 10.1. The Hall–Kier alpha value is -5.53. The molecule has 1 aliphatic rings. The number of hydrogen-bond donors (Lipinski definition) is 5. The van der Waals surface area contributed by atoms with Gasteiger partial charge in [0.15, 0.2) is 6.29 Å². The molecule has 11 nitrogen and oxygen atoms in total. The van der Waals surface area contributed by atoms with E-state index in [4.69, 9.17) is 15.2 Å². The quantitative estimate of drug-likeness (QED) is 0.0541. The number of carboxylic acids is 1. The number of benzene rings is 4. The van der Waals surface area contributed by atoms with Gasteiger partial charge in [-0.3, -0.25) is 9.59 Å². The highest BCUT2D eigenvalue weighted by Crippen LogP contribution is 2.40. The van der Waals surface area contributed by atoms with E-state index >= 15 is 0 Å². The first kappa shape index (κ1) is 38.2. The third-order valence-electron chi connectivity index (χ3n) is 9.00. The maximum absolute atomic E-state index is 12.5. The van der Waals surface area contributed by atoms with Crippen LogP contribution in [0.15, 0.2) is 120 Å². The molecule has 6 rings (SSSR count). The number of para-hydroxylation sites is 2. The van der Waals surface area contributed by atoms with Gasteiger partial charge in [-0.15, -0.1) is 11.8 Å². The number of thioether (sulfide) groups is 1. The summed E-state index contributed by atoms with van der Waals surface area (Å²) in [5.41, 5.74) is 12.6. The number of carbonyl (C=O) groups excluding carboxylic acids is 2. The van der Waals surface area contributed by atoms with E-state index < -0.39 is 12.3 Å². The molecule has 0 bridgehead atoms. The first-order valence-electron chi connectivity index (χ1n) is 17.7. The van der Waals surface area contributed by atoms with Crippen molar-refractivity contribution in [3.8, 4) is 11.1 Å². The fourth-order valence-electron chi connectivity index (χ4n) is 6.08. The average Bonchev–Trinajstić information content (AvgIpc) is 3.20. The second kappa shape index (κ2) is 18.5. The minimum absolute atomic E-state index is 0.0509. The van der Waals surface area contributed by atoms with E-state index in [1.807, 2.05) is 72.8 Å². The second-order valence-electron chi connectivity index (χ2n) is 12.9. The number of nitrogen functional groups attached to an aromatic ring is 1. The first-order valence-corrected chi connectivity index (χ1v) is 18.7. The van der Waals surface area contributed by atoms with Crippen LogP contribution in [-0.4, -0.2) is 44.8 Å². The highest BCUT2D eigenvalue weighted by atomic mass is 32.2. The number of hydrogen-bond acceptors (Lipinski definition) is 9. The molecule has 0 saturated carbocycles. The van der Waals surface area contributed by atoms with Crippen molar-refractivity contribution in [1.82, 2.24) is 10.3 Å². The van der Waals surface area contributed by atoms with E-state index in [0.29, 0.717) is 41.5 Å². The molecule has 2 amide bonds. The van der Waals surface area contributed by atoms with Gasteiger partial charge >= 0.3 is 5.97 Å². The van der Waals surface area contributed by atoms with Gasteiger partial charge in [0.05, 0.1) is 35.8 Å². The molecule has 1 fully saturated rings. The Morgan fingerprint density at radius 3 is 2.33 bits per heavy atom. The fraction of sp³-hybridized carbons (Fsp3) is 0.238. The first-order chi connectivity index (χ1) is 26.2. The van der Waals surface area contributed by atoms with Crippen LogP contribution in [0.25, 0.3) is 11.1 Å². The zero-order valence-corrected chi connectivity index (χ0v) is 30.3. The standard InChI is InChI=1S/C42H42N4O7S/c43-35-9-1-2-10-36(35)46-39(49)12-4-11-38(48)45-24-28-6-3-7-32(22-28)29-17-19-31(20-18-29)42-52-33(26-54-40-34(41(50)51)8-5-21-44-40)23-37(53-42)30-15-13-27(25-47)14-16-30/h1-3,5-10,13-22,33,37,42,47H,4,11-12,23-26,43H2,(H,45,48)(H,46,49)(H,50,51). The van der Waals surface area contributed by atoms with Crippen LogP contribution in [-0.2, 0) is 32.2 Å². The van der Waals surface area contributed by atoms with Crippen molar-refractivity contribution < 1.29 is 34.1 Å². The lowest BCUT2D eigenvalue weighted by molar-refractivity contribution is -0.245. The molecule has 12 heteroatoms. The number of rotatable bonds is 15. The van der Waals surface area contributed by atoms with Crippen molar-refractivity contribution >= 4 is 40.9 Å². The Kier molecular flexibility index (Phi) is 13.1. The Morgan fingerprint density at radius 2 is 1.57 bits per heavy atom. The summed E-state index contributed by atoms with van der Waals surface area (Å²) in [7, 11) is 0. The highest BCUT2D eigenvalue weighted by molar-refractivity contribution is 7.99. The molecule has 1 aromatic heterocycles. The van der Waals surface area contributed by atoms with Gasteiger partial charge in [-0.2, -0.15) is 0 Å². The van der Waals surface area contributed by atoms with E-state index in [9.17, 15) is 24.6 Å². The van der Waals surface area contributed by atoms with E-state index in [0.717, 1.165) is 33.4 Å². The molecule has 6 N–H and O–H groups in total. The number of nitrogens with two attached hydrogens (primary N) is 1. The normalized spacial score (nSPS) is 16.7. The molecule has 4 aromatic carbocycles. The number of nitrogens with zero attached hydrogens (tertiary/aromatic N) is 1. The summed E-state index contributed by atoms with van der Waals surface area (Å²) in [5.74, 6) is -0.878. The molecule has 3 unspecified atom stereocenters. The smallest absolute Gasteiger partial charge is 0.338 e. The SMILES string of the molecule is Nc1ccccc1NC(=O)CCCC(=O)NCc1cccc(-c2ccc(C3OC(CSc4ncccc4C(=O)O)CC(c4ccc(CO)cc4)O3)cc2)c1. The number of aliphatic hydroxyl groups excluding tert-OH is 1. The van der Waals surface area contributed by atoms with Crippen molar-refractivity contribution in [3.05, 3.63) is 143 Å². The van der Waals surface area contributed by atoms with Crippen LogP contribution in [0.1, 0.15) is 70.7 Å². The van der Waals surface area contributed by atoms with E-state index in [1.165, 1.54) is 11.8 Å². The van der Waals surface area contributed by atoms with Gasteiger partial charge < -0.3 is 36.1 Å². The van der Waals surface area contributed by atoms with E-state index in [1.54, 1.807) is 42.6 Å². The van der Waals surface area contributed by atoms with Crippen LogP contribution in [0.5, 0.6) is 0 Å². The predicted octanol–water partition coefficient (Wildman–Crippen LogP) is 7.28. The van der Waals surface area contributed by atoms with Crippen LogP contribution in [0.2, 0.25) is 0 Å². The second-order valence-corrected chi connectivity index (χ2v) is 13.9. The van der Waals surface area contributed by atoms with Crippen LogP contribution in [0.4, 0.5) is 11.4 Å². The van der Waals surface area contributed by atoms with E-state index in [-0.39, 0.29) is 49.0 Å². The van der Waals surface area contributed by atoms with Crippen LogP contribution < -0.4 is 16.4 Å². The molecule has 2 heterocycles. The maximum atomic E-state index is 12.5. The number of pyridine rings is 1. The van der Waals surface area contributed by atoms with Gasteiger partial charge in [-0.05, 0) is 64.6 Å². The Labute approximate surface area is 317 Å². The number of nitrogens with one attached hydrogen (secondary N) is 2. The van der Waals surface area contributed by atoms with Gasteiger partial charge in [-0.25, -0.2) is 9.78 Å². The minimum atomic E-state index is -1.03. The van der Waals surface area contributed by atoms with Crippen LogP contribution >= 0.6 is 11.8 Å². The topological polar surface area (TPSA) is 173 Å². The zero-order chi connectivity index (χ0) is 37.9. The molecule has 3 atom stereocenters. The summed E-state index contributed by atoms with van der Waals surface area (Å²) in [6.07, 6.45) is 1.76. The molecule has 0 aliphatic carbocycles. The highest BCUT2D eigenvalue weighted by Gasteiger charge is 2.32. The number of carboxylic acid groups (broad SMARTS) is 1. The van der Waals surface area contributed by atoms with Crippen LogP contribution in [0, 0.1) is 0 Å². The number of carbonyl (C=O) groups is 3. The number of anilines is 2. The fourth-order valence-corrected chi connectivity index (χ4v) is 7.08. The lowest BCUT2D eigenvalue weighted by Gasteiger charge is -2.36. The van der Waals surface area contributed by atoms with E-state index in [2.05, 4.69) is 15.6 Å². The molecule has 0 spiro atoms. The van der Waals surface area contributed by atoms with Gasteiger partial charge in [0.1, 0.15) is 5.03 Å². The Morgan fingerprint density at radius 1 is 0.815 bits per heavy atom. The summed E-state index contributed by atoms with van der Waals surface area (Å²) in [5, 5.41) is 25.3. The summed E-state index contributed by atoms with van der Waals surface area (Å²) in [6, 6.07) is 33.7. The molecule has 1 aliphatic heterocycles. The molecule has 5 aromatic rings. The van der Waals surface area contributed by atoms with Gasteiger partial charge in [0.2, 0.25) is 11.8 Å². The molecular weight excluding hydrogens is 705 g/mol. The zero-order valence-electron chi connectivity index (χ0n) is 29.5. The van der Waals surface area contributed by atoms with Crippen molar-refractivity contribution in [2.75, 3.05) is 16.8 Å². The number of aliphatic hydroxyl groups is 1. The van der Waals surface area contributed by atoms with Gasteiger partial charge in [0, 0.05) is 43.3 Å². The summed E-state index contributed by atoms with van der Waals surface area (Å²) >= 11 is 1.34. The van der Waals surface area contributed by atoms with Crippen molar-refractivity contribution in [1.29, 1.82) is 0 Å². The maximum Gasteiger partial charge on any atom is 0.338 e. The molecule has 0 radical (unpaired) electrons. The predicted molar refractivity (Wildman–Crippen MR) is 207 cm³/mol. The Bertz CT molecular complexity index is 2060. The monoisotopic (exact) mass is 746 g/mol.